The molecule has 0 spiro atoms. The average Bonchev–Trinajstić information content (AvgIpc) is 2.74. The molecule has 0 atom stereocenters. The molecule has 0 N–H and O–H groups in total. The molecular weight excluding hydrogens is 246 g/mol. The van der Waals surface area contributed by atoms with E-state index in [4.69, 9.17) is 0 Å². The fraction of sp³-hybridized carbons (Fsp3) is 0.333. The van der Waals surface area contributed by atoms with E-state index in [0.29, 0.717) is 6.54 Å². The van der Waals surface area contributed by atoms with Crippen molar-refractivity contribution in [3.8, 4) is 0 Å². The van der Waals surface area contributed by atoms with Crippen LogP contribution in [0.25, 0.3) is 0 Å². The van der Waals surface area contributed by atoms with Crippen LogP contribution in [-0.2, 0) is 16.4 Å². The third-order valence-corrected chi connectivity index (χ3v) is 3.97. The lowest BCUT2D eigenvalue weighted by Gasteiger charge is -1.95. The van der Waals surface area contributed by atoms with E-state index in [1.165, 1.54) is 18.6 Å². The zero-order chi connectivity index (χ0) is 11.8. The summed E-state index contributed by atoms with van der Waals surface area (Å²) in [5.74, 6) is 0. The van der Waals surface area contributed by atoms with Crippen molar-refractivity contribution in [2.24, 2.45) is 0 Å². The molecule has 0 amide bonds. The van der Waals surface area contributed by atoms with Gasteiger partial charge in [0, 0.05) is 23.5 Å². The maximum atomic E-state index is 11.2. The number of aromatic nitrogens is 3. The smallest absolute Gasteiger partial charge is 0.178 e. The van der Waals surface area contributed by atoms with Gasteiger partial charge in [-0.05, 0) is 6.92 Å². The second kappa shape index (κ2) is 3.99. The van der Waals surface area contributed by atoms with Gasteiger partial charge in [0.1, 0.15) is 9.90 Å². The number of hydrogen-bond donors (Lipinski definition) is 0. The third kappa shape index (κ3) is 2.48. The molecule has 0 aromatic carbocycles. The van der Waals surface area contributed by atoms with Gasteiger partial charge in [0.2, 0.25) is 0 Å². The van der Waals surface area contributed by atoms with E-state index in [9.17, 15) is 8.42 Å². The Morgan fingerprint density at radius 3 is 2.69 bits per heavy atom. The molecule has 5 nitrogen and oxygen atoms in total. The highest BCUT2D eigenvalue weighted by Crippen LogP contribution is 2.13. The molecule has 0 aliphatic rings. The van der Waals surface area contributed by atoms with Crippen molar-refractivity contribution in [2.75, 3.05) is 6.26 Å². The predicted molar refractivity (Wildman–Crippen MR) is 61.3 cm³/mol. The molecule has 2 aromatic rings. The van der Waals surface area contributed by atoms with Crippen LogP contribution in [0.2, 0.25) is 0 Å². The van der Waals surface area contributed by atoms with Crippen molar-refractivity contribution < 1.29 is 8.42 Å². The normalized spacial score (nSPS) is 11.9. The quantitative estimate of drug-likeness (QED) is 0.826. The Morgan fingerprint density at radius 1 is 1.44 bits per heavy atom. The zero-order valence-corrected chi connectivity index (χ0v) is 10.5. The van der Waals surface area contributed by atoms with Crippen molar-refractivity contribution in [3.63, 3.8) is 0 Å². The van der Waals surface area contributed by atoms with Crippen LogP contribution in [0.15, 0.2) is 23.5 Å². The Bertz CT molecular complexity index is 598. The molecular formula is C9H11N3O2S2. The summed E-state index contributed by atoms with van der Waals surface area (Å²) in [7, 11) is -3.17. The largest absolute Gasteiger partial charge is 0.265 e. The minimum Gasteiger partial charge on any atom is -0.265 e. The van der Waals surface area contributed by atoms with Crippen LogP contribution < -0.4 is 0 Å². The number of sulfone groups is 1. The summed E-state index contributed by atoms with van der Waals surface area (Å²) in [6.45, 7) is 2.49. The van der Waals surface area contributed by atoms with E-state index >= 15 is 0 Å². The molecule has 7 heteroatoms. The second-order valence-electron chi connectivity index (χ2n) is 3.51. The number of rotatable bonds is 3. The Kier molecular flexibility index (Phi) is 2.81. The van der Waals surface area contributed by atoms with E-state index in [1.54, 1.807) is 22.2 Å². The standard InChI is InChI=1S/C9H11N3O2S2/c1-7-3-10-9(15-7)6-12-5-8(4-11-12)16(2,13)14/h3-5H,6H2,1-2H3. The molecule has 2 heterocycles. The van der Waals surface area contributed by atoms with Gasteiger partial charge in [-0.15, -0.1) is 11.3 Å². The van der Waals surface area contributed by atoms with Gasteiger partial charge in [-0.25, -0.2) is 13.4 Å². The van der Waals surface area contributed by atoms with Crippen molar-refractivity contribution >= 4 is 21.2 Å². The Labute approximate surface area is 97.7 Å². The minimum atomic E-state index is -3.17. The number of nitrogens with zero attached hydrogens (tertiary/aromatic N) is 3. The molecule has 2 aromatic heterocycles. The summed E-state index contributed by atoms with van der Waals surface area (Å²) in [6, 6.07) is 0. The van der Waals surface area contributed by atoms with Crippen LogP contribution in [0.1, 0.15) is 9.88 Å². The maximum absolute atomic E-state index is 11.2. The predicted octanol–water partition coefficient (Wildman–Crippen LogP) is 1.10. The molecule has 0 radical (unpaired) electrons. The lowest BCUT2D eigenvalue weighted by atomic mass is 10.6. The fourth-order valence-electron chi connectivity index (χ4n) is 1.24. The highest BCUT2D eigenvalue weighted by Gasteiger charge is 2.10. The summed E-state index contributed by atoms with van der Waals surface area (Å²) in [5, 5.41) is 4.91. The van der Waals surface area contributed by atoms with Gasteiger partial charge in [0.15, 0.2) is 9.84 Å². The number of hydrogen-bond acceptors (Lipinski definition) is 5. The third-order valence-electron chi connectivity index (χ3n) is 2.00. The lowest BCUT2D eigenvalue weighted by molar-refractivity contribution is 0.601. The molecule has 0 aliphatic carbocycles. The summed E-state index contributed by atoms with van der Waals surface area (Å²) >= 11 is 1.58. The topological polar surface area (TPSA) is 64.8 Å². The highest BCUT2D eigenvalue weighted by atomic mass is 32.2. The average molecular weight is 257 g/mol. The molecule has 86 valence electrons. The maximum Gasteiger partial charge on any atom is 0.178 e. The lowest BCUT2D eigenvalue weighted by Crippen LogP contribution is -1.99. The van der Waals surface area contributed by atoms with E-state index in [2.05, 4.69) is 10.1 Å². The van der Waals surface area contributed by atoms with Crippen molar-refractivity contribution in [3.05, 3.63) is 28.5 Å². The van der Waals surface area contributed by atoms with Crippen molar-refractivity contribution in [2.45, 2.75) is 18.4 Å². The molecule has 16 heavy (non-hydrogen) atoms. The van der Waals surface area contributed by atoms with Gasteiger partial charge in [-0.1, -0.05) is 0 Å². The summed E-state index contributed by atoms with van der Waals surface area (Å²) in [4.78, 5) is 5.56. The van der Waals surface area contributed by atoms with Crippen molar-refractivity contribution in [1.82, 2.24) is 14.8 Å². The molecule has 0 saturated heterocycles. The molecule has 0 unspecified atom stereocenters. The van der Waals surface area contributed by atoms with Gasteiger partial charge < -0.3 is 0 Å². The molecule has 0 aliphatic heterocycles. The molecule has 2 rings (SSSR count). The van der Waals surface area contributed by atoms with E-state index in [1.807, 2.05) is 6.92 Å². The first kappa shape index (κ1) is 11.3. The SMILES string of the molecule is Cc1cnc(Cn2cc(S(C)(=O)=O)cn2)s1. The van der Waals surface area contributed by atoms with Gasteiger partial charge in [-0.3, -0.25) is 4.68 Å². The summed E-state index contributed by atoms with van der Waals surface area (Å²) < 4.78 is 24.1. The fourth-order valence-corrected chi connectivity index (χ4v) is 2.57. The van der Waals surface area contributed by atoms with Crippen molar-refractivity contribution in [1.29, 1.82) is 0 Å². The van der Waals surface area contributed by atoms with Gasteiger partial charge in [0.25, 0.3) is 0 Å². The van der Waals surface area contributed by atoms with E-state index in [0.717, 1.165) is 9.88 Å². The zero-order valence-electron chi connectivity index (χ0n) is 8.91. The second-order valence-corrected chi connectivity index (χ2v) is 6.85. The molecule has 0 bridgehead atoms. The summed E-state index contributed by atoms with van der Waals surface area (Å²) in [6.07, 6.45) is 5.84. The molecule has 0 saturated carbocycles. The first-order valence-corrected chi connectivity index (χ1v) is 7.30. The minimum absolute atomic E-state index is 0.237. The Balaban J connectivity index is 2.21. The first-order chi connectivity index (χ1) is 7.45. The van der Waals surface area contributed by atoms with E-state index < -0.39 is 9.84 Å². The van der Waals surface area contributed by atoms with E-state index in [-0.39, 0.29) is 4.90 Å². The first-order valence-electron chi connectivity index (χ1n) is 4.59. The monoisotopic (exact) mass is 257 g/mol. The Hall–Kier alpha value is -1.21. The van der Waals surface area contributed by atoms with Crippen LogP contribution in [0.3, 0.4) is 0 Å². The molecule has 0 fully saturated rings. The van der Waals surface area contributed by atoms with Crippen LogP contribution in [-0.4, -0.2) is 29.4 Å². The van der Waals surface area contributed by atoms with Gasteiger partial charge in [-0.2, -0.15) is 5.10 Å². The number of thiazole rings is 1. The summed E-state index contributed by atoms with van der Waals surface area (Å²) in [5.41, 5.74) is 0. The van der Waals surface area contributed by atoms with Crippen LogP contribution in [0.5, 0.6) is 0 Å². The van der Waals surface area contributed by atoms with Crippen LogP contribution >= 0.6 is 11.3 Å². The van der Waals surface area contributed by atoms with Crippen LogP contribution in [0, 0.1) is 6.92 Å². The van der Waals surface area contributed by atoms with Crippen LogP contribution in [0.4, 0.5) is 0 Å². The van der Waals surface area contributed by atoms with Gasteiger partial charge >= 0.3 is 0 Å². The Morgan fingerprint density at radius 2 is 2.19 bits per heavy atom. The number of aryl methyl sites for hydroxylation is 1. The highest BCUT2D eigenvalue weighted by molar-refractivity contribution is 7.90. The van der Waals surface area contributed by atoms with Gasteiger partial charge in [0.05, 0.1) is 12.7 Å².